The van der Waals surface area contributed by atoms with Gasteiger partial charge >= 0.3 is 6.09 Å². The molecule has 2 aliphatic heterocycles. The molecule has 1 N–H and O–H groups in total. The van der Waals surface area contributed by atoms with Gasteiger partial charge in [0.25, 0.3) is 5.91 Å². The van der Waals surface area contributed by atoms with Crippen LogP contribution in [-0.4, -0.2) is 79.7 Å². The standard InChI is InChI=1S/C18H23N3O6/c1-2-25-18(24)21-9-7-20(8-10-21)16(22)11-19-17(23)15-12-26-13-5-3-4-6-14(13)27-15/h3-6,15H,2,7-12H2,1H3,(H,19,23)/t15-/m1/s1. The first-order chi connectivity index (χ1) is 13.1. The van der Waals surface area contributed by atoms with Gasteiger partial charge in [-0.3, -0.25) is 9.59 Å². The van der Waals surface area contributed by atoms with E-state index in [1.807, 2.05) is 6.07 Å². The van der Waals surface area contributed by atoms with Crippen molar-refractivity contribution < 1.29 is 28.6 Å². The van der Waals surface area contributed by atoms with E-state index in [9.17, 15) is 14.4 Å². The molecule has 27 heavy (non-hydrogen) atoms. The number of carbonyl (C=O) groups is 3. The van der Waals surface area contributed by atoms with Crippen LogP contribution in [-0.2, 0) is 14.3 Å². The summed E-state index contributed by atoms with van der Waals surface area (Å²) >= 11 is 0. The van der Waals surface area contributed by atoms with Crippen LogP contribution in [0.4, 0.5) is 4.79 Å². The lowest BCUT2D eigenvalue weighted by Crippen LogP contribution is -2.53. The molecule has 0 spiro atoms. The average molecular weight is 377 g/mol. The third-order valence-electron chi connectivity index (χ3n) is 4.37. The summed E-state index contributed by atoms with van der Waals surface area (Å²) in [6, 6.07) is 7.11. The maximum absolute atomic E-state index is 12.3. The van der Waals surface area contributed by atoms with Gasteiger partial charge in [-0.1, -0.05) is 12.1 Å². The van der Waals surface area contributed by atoms with Crippen LogP contribution >= 0.6 is 0 Å². The monoisotopic (exact) mass is 377 g/mol. The molecular weight excluding hydrogens is 354 g/mol. The van der Waals surface area contributed by atoms with Gasteiger partial charge in [0.05, 0.1) is 13.2 Å². The number of piperazine rings is 1. The van der Waals surface area contributed by atoms with E-state index in [4.69, 9.17) is 14.2 Å². The minimum atomic E-state index is -0.798. The van der Waals surface area contributed by atoms with Crippen LogP contribution < -0.4 is 14.8 Å². The molecular formula is C18H23N3O6. The molecule has 9 nitrogen and oxygen atoms in total. The first-order valence-corrected chi connectivity index (χ1v) is 8.94. The number of ether oxygens (including phenoxy) is 3. The van der Waals surface area contributed by atoms with Gasteiger partial charge in [0.15, 0.2) is 11.5 Å². The minimum absolute atomic E-state index is 0.0925. The van der Waals surface area contributed by atoms with E-state index in [-0.39, 0.29) is 25.2 Å². The highest BCUT2D eigenvalue weighted by atomic mass is 16.6. The molecule has 3 amide bonds. The zero-order valence-electron chi connectivity index (χ0n) is 15.2. The number of rotatable bonds is 4. The number of nitrogens with one attached hydrogen (secondary N) is 1. The maximum Gasteiger partial charge on any atom is 0.409 e. The van der Waals surface area contributed by atoms with Crippen LogP contribution in [0.15, 0.2) is 24.3 Å². The third kappa shape index (κ3) is 4.60. The number of fused-ring (bicyclic) bond motifs is 1. The SMILES string of the molecule is CCOC(=O)N1CCN(C(=O)CNC(=O)[C@H]2COc3ccccc3O2)CC1. The number of para-hydroxylation sites is 2. The molecule has 0 unspecified atom stereocenters. The fourth-order valence-corrected chi connectivity index (χ4v) is 2.89. The van der Waals surface area contributed by atoms with Crippen molar-refractivity contribution in [2.24, 2.45) is 0 Å². The van der Waals surface area contributed by atoms with Crippen molar-refractivity contribution >= 4 is 17.9 Å². The van der Waals surface area contributed by atoms with Gasteiger partial charge in [-0.15, -0.1) is 0 Å². The van der Waals surface area contributed by atoms with Gasteiger partial charge in [0.1, 0.15) is 6.61 Å². The second-order valence-corrected chi connectivity index (χ2v) is 6.15. The van der Waals surface area contributed by atoms with Crippen molar-refractivity contribution in [3.05, 3.63) is 24.3 Å². The highest BCUT2D eigenvalue weighted by molar-refractivity contribution is 5.87. The fraction of sp³-hybridized carbons (Fsp3) is 0.500. The Kier molecular flexibility index (Phi) is 6.00. The molecule has 1 fully saturated rings. The van der Waals surface area contributed by atoms with Crippen LogP contribution in [0, 0.1) is 0 Å². The summed E-state index contributed by atoms with van der Waals surface area (Å²) in [4.78, 5) is 39.4. The Morgan fingerprint density at radius 3 is 2.48 bits per heavy atom. The highest BCUT2D eigenvalue weighted by Gasteiger charge is 2.29. The molecule has 0 saturated carbocycles. The number of nitrogens with zero attached hydrogens (tertiary/aromatic N) is 2. The van der Waals surface area contributed by atoms with Gasteiger partial charge < -0.3 is 29.3 Å². The molecule has 0 radical (unpaired) electrons. The average Bonchev–Trinajstić information content (AvgIpc) is 2.71. The second kappa shape index (κ2) is 8.61. The second-order valence-electron chi connectivity index (χ2n) is 6.15. The topological polar surface area (TPSA) is 97.4 Å². The Labute approximate surface area is 157 Å². The Hall–Kier alpha value is -2.97. The minimum Gasteiger partial charge on any atom is -0.485 e. The molecule has 0 aromatic heterocycles. The Morgan fingerprint density at radius 1 is 1.11 bits per heavy atom. The Morgan fingerprint density at radius 2 is 1.78 bits per heavy atom. The van der Waals surface area contributed by atoms with Crippen LogP contribution in [0.1, 0.15) is 6.92 Å². The molecule has 1 saturated heterocycles. The van der Waals surface area contributed by atoms with Crippen molar-refractivity contribution in [3.63, 3.8) is 0 Å². The van der Waals surface area contributed by atoms with Crippen LogP contribution in [0.5, 0.6) is 11.5 Å². The van der Waals surface area contributed by atoms with E-state index in [0.717, 1.165) is 0 Å². The Bertz CT molecular complexity index is 702. The summed E-state index contributed by atoms with van der Waals surface area (Å²) in [5.74, 6) is 0.495. The predicted octanol–water partition coefficient (Wildman–Crippen LogP) is 0.243. The number of amides is 3. The third-order valence-corrected chi connectivity index (χ3v) is 4.37. The van der Waals surface area contributed by atoms with E-state index in [1.165, 1.54) is 0 Å². The number of carbonyl (C=O) groups excluding carboxylic acids is 3. The first-order valence-electron chi connectivity index (χ1n) is 8.94. The molecule has 0 bridgehead atoms. The normalized spacial score (nSPS) is 18.6. The molecule has 146 valence electrons. The molecule has 9 heteroatoms. The van der Waals surface area contributed by atoms with Crippen LogP contribution in [0.25, 0.3) is 0 Å². The highest BCUT2D eigenvalue weighted by Crippen LogP contribution is 2.30. The molecule has 1 aromatic rings. The summed E-state index contributed by atoms with van der Waals surface area (Å²) in [6.45, 7) is 3.67. The van der Waals surface area contributed by atoms with E-state index >= 15 is 0 Å². The molecule has 3 rings (SSSR count). The van der Waals surface area contributed by atoms with E-state index in [2.05, 4.69) is 5.32 Å². The molecule has 1 aromatic carbocycles. The zero-order valence-corrected chi connectivity index (χ0v) is 15.2. The summed E-state index contributed by atoms with van der Waals surface area (Å²) in [5.41, 5.74) is 0. The van der Waals surface area contributed by atoms with Crippen LogP contribution in [0.3, 0.4) is 0 Å². The number of hydrogen-bond acceptors (Lipinski definition) is 6. The number of benzene rings is 1. The van der Waals surface area contributed by atoms with Gasteiger partial charge in [0.2, 0.25) is 12.0 Å². The molecule has 1 atom stereocenters. The summed E-state index contributed by atoms with van der Waals surface area (Å²) in [5, 5.41) is 2.59. The lowest BCUT2D eigenvalue weighted by atomic mass is 10.2. The first kappa shape index (κ1) is 18.8. The van der Waals surface area contributed by atoms with Crippen molar-refractivity contribution in [3.8, 4) is 11.5 Å². The van der Waals surface area contributed by atoms with Gasteiger partial charge in [-0.25, -0.2) is 4.79 Å². The molecule has 0 aliphatic carbocycles. The van der Waals surface area contributed by atoms with Gasteiger partial charge in [-0.2, -0.15) is 0 Å². The van der Waals surface area contributed by atoms with E-state index in [0.29, 0.717) is 44.3 Å². The largest absolute Gasteiger partial charge is 0.485 e. The van der Waals surface area contributed by atoms with Crippen molar-refractivity contribution in [2.75, 3.05) is 45.9 Å². The Balaban J connectivity index is 1.42. The van der Waals surface area contributed by atoms with Gasteiger partial charge in [-0.05, 0) is 19.1 Å². The molecule has 2 aliphatic rings. The van der Waals surface area contributed by atoms with E-state index < -0.39 is 12.0 Å². The summed E-state index contributed by atoms with van der Waals surface area (Å²) < 4.78 is 16.1. The quantitative estimate of drug-likeness (QED) is 0.808. The van der Waals surface area contributed by atoms with Crippen molar-refractivity contribution in [1.29, 1.82) is 0 Å². The fourth-order valence-electron chi connectivity index (χ4n) is 2.89. The lowest BCUT2D eigenvalue weighted by molar-refractivity contribution is -0.137. The van der Waals surface area contributed by atoms with E-state index in [1.54, 1.807) is 34.9 Å². The van der Waals surface area contributed by atoms with Crippen LogP contribution in [0.2, 0.25) is 0 Å². The zero-order chi connectivity index (χ0) is 19.2. The lowest BCUT2D eigenvalue weighted by Gasteiger charge is -2.34. The van der Waals surface area contributed by atoms with Crippen molar-refractivity contribution in [1.82, 2.24) is 15.1 Å². The summed E-state index contributed by atoms with van der Waals surface area (Å²) in [7, 11) is 0. The van der Waals surface area contributed by atoms with Crippen molar-refractivity contribution in [2.45, 2.75) is 13.0 Å². The van der Waals surface area contributed by atoms with Gasteiger partial charge in [0, 0.05) is 26.2 Å². The molecule has 2 heterocycles. The number of hydrogen-bond donors (Lipinski definition) is 1. The maximum atomic E-state index is 12.3. The smallest absolute Gasteiger partial charge is 0.409 e. The summed E-state index contributed by atoms with van der Waals surface area (Å²) in [6.07, 6.45) is -1.17. The predicted molar refractivity (Wildman–Crippen MR) is 94.5 cm³/mol.